The van der Waals surface area contributed by atoms with Crippen LogP contribution in [-0.4, -0.2) is 48.5 Å². The summed E-state index contributed by atoms with van der Waals surface area (Å²) in [4.78, 5) is 2.39. The van der Waals surface area contributed by atoms with Gasteiger partial charge in [-0.25, -0.2) is 0 Å². The fourth-order valence-corrected chi connectivity index (χ4v) is 3.36. The van der Waals surface area contributed by atoms with Gasteiger partial charge in [0.25, 0.3) is 0 Å². The molecule has 2 aliphatic rings. The smallest absolute Gasteiger partial charge is 0.0900 e. The largest absolute Gasteiger partial charge is 0.389 e. The number of ether oxygens (including phenoxy) is 1. The van der Waals surface area contributed by atoms with Crippen molar-refractivity contribution in [2.24, 2.45) is 11.8 Å². The van der Waals surface area contributed by atoms with Crippen molar-refractivity contribution in [1.29, 1.82) is 0 Å². The normalized spacial score (nSPS) is 32.4. The number of piperidine rings is 1. The summed E-state index contributed by atoms with van der Waals surface area (Å²) in [6.45, 7) is 8.18. The van der Waals surface area contributed by atoms with Crippen molar-refractivity contribution in [3.05, 3.63) is 0 Å². The third-order valence-corrected chi connectivity index (χ3v) is 4.88. The Labute approximate surface area is 118 Å². The number of hydrogen-bond acceptors (Lipinski definition) is 3. The Balaban J connectivity index is 1.62. The predicted molar refractivity (Wildman–Crippen MR) is 78.2 cm³/mol. The molecule has 0 aromatic rings. The fraction of sp³-hybridized carbons (Fsp3) is 1.00. The van der Waals surface area contributed by atoms with Crippen LogP contribution in [-0.2, 0) is 4.74 Å². The molecule has 3 heteroatoms. The van der Waals surface area contributed by atoms with Crippen molar-refractivity contribution in [3.8, 4) is 0 Å². The van der Waals surface area contributed by atoms with Gasteiger partial charge in [0.2, 0.25) is 0 Å². The molecule has 2 fully saturated rings. The maximum absolute atomic E-state index is 10.1. The van der Waals surface area contributed by atoms with Crippen LogP contribution in [0.25, 0.3) is 0 Å². The lowest BCUT2D eigenvalue weighted by Crippen LogP contribution is -2.40. The molecule has 2 unspecified atom stereocenters. The summed E-state index contributed by atoms with van der Waals surface area (Å²) >= 11 is 0. The number of hydrogen-bond donors (Lipinski definition) is 1. The molecular weight excluding hydrogens is 238 g/mol. The van der Waals surface area contributed by atoms with Crippen LogP contribution < -0.4 is 0 Å². The highest BCUT2D eigenvalue weighted by atomic mass is 16.5. The monoisotopic (exact) mass is 269 g/mol. The Hall–Kier alpha value is -0.120. The van der Waals surface area contributed by atoms with Crippen molar-refractivity contribution < 1.29 is 9.84 Å². The van der Waals surface area contributed by atoms with Crippen LogP contribution in [0.2, 0.25) is 0 Å². The summed E-state index contributed by atoms with van der Waals surface area (Å²) < 4.78 is 5.94. The maximum Gasteiger partial charge on any atom is 0.0900 e. The molecule has 0 bridgehead atoms. The molecule has 0 spiro atoms. The van der Waals surface area contributed by atoms with E-state index in [1.807, 2.05) is 0 Å². The highest BCUT2D eigenvalue weighted by Gasteiger charge is 2.23. The lowest BCUT2D eigenvalue weighted by molar-refractivity contribution is -0.0545. The molecule has 19 heavy (non-hydrogen) atoms. The summed E-state index contributed by atoms with van der Waals surface area (Å²) in [6, 6.07) is 0. The fourth-order valence-electron chi connectivity index (χ4n) is 3.36. The SMILES string of the molecule is CC1CCN(C[C@@H](O)COC2CCCCC2C)CC1. The Morgan fingerprint density at radius 3 is 2.47 bits per heavy atom. The minimum absolute atomic E-state index is 0.317. The second kappa shape index (κ2) is 7.61. The van der Waals surface area contributed by atoms with E-state index >= 15 is 0 Å². The van der Waals surface area contributed by atoms with Gasteiger partial charge in [0, 0.05) is 6.54 Å². The lowest BCUT2D eigenvalue weighted by Gasteiger charge is -2.33. The van der Waals surface area contributed by atoms with Crippen molar-refractivity contribution in [1.82, 2.24) is 4.90 Å². The van der Waals surface area contributed by atoms with E-state index in [9.17, 15) is 5.11 Å². The van der Waals surface area contributed by atoms with Crippen molar-refractivity contribution >= 4 is 0 Å². The highest BCUT2D eigenvalue weighted by molar-refractivity contribution is 4.75. The summed E-state index contributed by atoms with van der Waals surface area (Å²) in [5.41, 5.74) is 0. The van der Waals surface area contributed by atoms with Gasteiger partial charge in [-0.05, 0) is 50.6 Å². The zero-order valence-electron chi connectivity index (χ0n) is 12.7. The number of aliphatic hydroxyl groups is 1. The van der Waals surface area contributed by atoms with Crippen LogP contribution in [0.4, 0.5) is 0 Å². The molecule has 0 radical (unpaired) electrons. The molecule has 1 aliphatic heterocycles. The van der Waals surface area contributed by atoms with Gasteiger partial charge >= 0.3 is 0 Å². The zero-order valence-corrected chi connectivity index (χ0v) is 12.7. The summed E-state index contributed by atoms with van der Waals surface area (Å²) in [5.74, 6) is 1.52. The van der Waals surface area contributed by atoms with Crippen LogP contribution in [0.15, 0.2) is 0 Å². The number of aliphatic hydroxyl groups excluding tert-OH is 1. The first kappa shape index (κ1) is 15.3. The molecule has 3 nitrogen and oxygen atoms in total. The third-order valence-electron chi connectivity index (χ3n) is 4.88. The first-order valence-electron chi connectivity index (χ1n) is 8.17. The maximum atomic E-state index is 10.1. The Morgan fingerprint density at radius 1 is 1.11 bits per heavy atom. The van der Waals surface area contributed by atoms with Crippen molar-refractivity contribution in [2.75, 3.05) is 26.2 Å². The van der Waals surface area contributed by atoms with E-state index in [0.29, 0.717) is 18.6 Å². The zero-order chi connectivity index (χ0) is 13.7. The van der Waals surface area contributed by atoms with Gasteiger partial charge in [0.05, 0.1) is 18.8 Å². The van der Waals surface area contributed by atoms with Crippen LogP contribution in [0.1, 0.15) is 52.4 Å². The average molecular weight is 269 g/mol. The van der Waals surface area contributed by atoms with Gasteiger partial charge in [-0.2, -0.15) is 0 Å². The van der Waals surface area contributed by atoms with Crippen LogP contribution >= 0.6 is 0 Å². The average Bonchev–Trinajstić information content (AvgIpc) is 2.40. The van der Waals surface area contributed by atoms with E-state index in [4.69, 9.17) is 4.74 Å². The topological polar surface area (TPSA) is 32.7 Å². The molecule has 0 aromatic carbocycles. The Morgan fingerprint density at radius 2 is 1.79 bits per heavy atom. The lowest BCUT2D eigenvalue weighted by atomic mass is 9.88. The van der Waals surface area contributed by atoms with Gasteiger partial charge in [-0.1, -0.05) is 26.7 Å². The second-order valence-electron chi connectivity index (χ2n) is 6.77. The molecule has 0 aromatic heterocycles. The van der Waals surface area contributed by atoms with Crippen LogP contribution in [0, 0.1) is 11.8 Å². The summed E-state index contributed by atoms with van der Waals surface area (Å²) in [5, 5.41) is 10.1. The minimum atomic E-state index is -0.317. The van der Waals surface area contributed by atoms with E-state index in [1.54, 1.807) is 0 Å². The number of likely N-dealkylation sites (tertiary alicyclic amines) is 1. The third kappa shape index (κ3) is 5.05. The van der Waals surface area contributed by atoms with E-state index in [-0.39, 0.29) is 6.10 Å². The first-order chi connectivity index (χ1) is 9.15. The van der Waals surface area contributed by atoms with Gasteiger partial charge in [0.1, 0.15) is 0 Å². The van der Waals surface area contributed by atoms with Gasteiger partial charge < -0.3 is 14.7 Å². The molecule has 112 valence electrons. The minimum Gasteiger partial charge on any atom is -0.389 e. The standard InChI is InChI=1S/C16H31NO2/c1-13-7-9-17(10-8-13)11-15(18)12-19-16-6-4-3-5-14(16)2/h13-16,18H,3-12H2,1-2H3/t14?,15-,16?/m1/s1. The van der Waals surface area contributed by atoms with Crippen LogP contribution in [0.5, 0.6) is 0 Å². The number of β-amino-alcohol motifs (C(OH)–C–C–N with tert-alkyl or cyclic N) is 1. The second-order valence-corrected chi connectivity index (χ2v) is 6.77. The van der Waals surface area contributed by atoms with E-state index in [0.717, 1.165) is 25.6 Å². The first-order valence-corrected chi connectivity index (χ1v) is 8.17. The van der Waals surface area contributed by atoms with E-state index in [2.05, 4.69) is 18.7 Å². The molecule has 1 saturated carbocycles. The molecule has 2 rings (SSSR count). The van der Waals surface area contributed by atoms with Crippen molar-refractivity contribution in [2.45, 2.75) is 64.6 Å². The number of nitrogens with zero attached hydrogens (tertiary/aromatic N) is 1. The molecule has 0 amide bonds. The Kier molecular flexibility index (Phi) is 6.11. The highest BCUT2D eigenvalue weighted by Crippen LogP contribution is 2.26. The van der Waals surface area contributed by atoms with Gasteiger partial charge in [-0.3, -0.25) is 0 Å². The Bertz CT molecular complexity index is 251. The summed E-state index contributed by atoms with van der Waals surface area (Å²) in [6.07, 6.45) is 7.69. The molecule has 1 aliphatic carbocycles. The molecule has 1 N–H and O–H groups in total. The predicted octanol–water partition coefficient (Wildman–Crippen LogP) is 2.67. The molecule has 1 heterocycles. The summed E-state index contributed by atoms with van der Waals surface area (Å²) in [7, 11) is 0. The molecule has 1 saturated heterocycles. The van der Waals surface area contributed by atoms with Crippen molar-refractivity contribution in [3.63, 3.8) is 0 Å². The molecular formula is C16H31NO2. The van der Waals surface area contributed by atoms with Crippen LogP contribution in [0.3, 0.4) is 0 Å². The molecule has 3 atom stereocenters. The quantitative estimate of drug-likeness (QED) is 0.833. The van der Waals surface area contributed by atoms with E-state index in [1.165, 1.54) is 38.5 Å². The van der Waals surface area contributed by atoms with E-state index < -0.39 is 0 Å². The van der Waals surface area contributed by atoms with Gasteiger partial charge in [0.15, 0.2) is 0 Å². The number of rotatable bonds is 5. The van der Waals surface area contributed by atoms with Gasteiger partial charge in [-0.15, -0.1) is 0 Å².